The van der Waals surface area contributed by atoms with Gasteiger partial charge in [-0.2, -0.15) is 0 Å². The third-order valence-electron chi connectivity index (χ3n) is 3.94. The lowest BCUT2D eigenvalue weighted by atomic mass is 9.87. The number of carbonyl (C=O) groups excluding carboxylic acids is 1. The van der Waals surface area contributed by atoms with E-state index in [1.165, 1.54) is 5.56 Å². The molecule has 1 fully saturated rings. The van der Waals surface area contributed by atoms with E-state index in [4.69, 9.17) is 0 Å². The highest BCUT2D eigenvalue weighted by atomic mass is 16.1. The number of piperazine rings is 1. The second-order valence-electron chi connectivity index (χ2n) is 6.67. The molecular weight excluding hydrogens is 262 g/mol. The molecule has 1 saturated heterocycles. The minimum absolute atomic E-state index is 0.0191. The van der Waals surface area contributed by atoms with E-state index < -0.39 is 0 Å². The number of hydrogen-bond acceptors (Lipinski definition) is 3. The number of amides is 1. The Morgan fingerprint density at radius 3 is 2.38 bits per heavy atom. The van der Waals surface area contributed by atoms with Gasteiger partial charge in [0, 0.05) is 44.8 Å². The molecule has 1 amide bonds. The predicted octanol–water partition coefficient (Wildman–Crippen LogP) is 1.62. The fourth-order valence-electron chi connectivity index (χ4n) is 2.49. The minimum Gasteiger partial charge on any atom is -0.351 e. The standard InChI is InChI=1S/C17H27N3O/c1-17(2,3)15-6-4-14(5-7-15)16(21)19-10-13-20-11-8-18-9-12-20/h4-7,18H,8-13H2,1-3H3,(H,19,21). The van der Waals surface area contributed by atoms with Gasteiger partial charge in [-0.05, 0) is 23.1 Å². The third-order valence-corrected chi connectivity index (χ3v) is 3.94. The SMILES string of the molecule is CC(C)(C)c1ccc(C(=O)NCCN2CCNCC2)cc1. The molecule has 1 aromatic rings. The maximum absolute atomic E-state index is 12.1. The van der Waals surface area contributed by atoms with Crippen LogP contribution in [0.4, 0.5) is 0 Å². The number of hydrogen-bond donors (Lipinski definition) is 2. The van der Waals surface area contributed by atoms with Gasteiger partial charge in [0.2, 0.25) is 0 Å². The van der Waals surface area contributed by atoms with Crippen molar-refractivity contribution in [1.29, 1.82) is 0 Å². The fourth-order valence-corrected chi connectivity index (χ4v) is 2.49. The molecule has 2 N–H and O–H groups in total. The second kappa shape index (κ2) is 7.05. The van der Waals surface area contributed by atoms with Gasteiger partial charge in [-0.25, -0.2) is 0 Å². The Kier molecular flexibility index (Phi) is 5.37. The summed E-state index contributed by atoms with van der Waals surface area (Å²) in [6.07, 6.45) is 0. The van der Waals surface area contributed by atoms with Crippen LogP contribution in [0.3, 0.4) is 0 Å². The first kappa shape index (κ1) is 16.0. The third kappa shape index (κ3) is 4.83. The molecule has 4 heteroatoms. The minimum atomic E-state index is 0.0191. The van der Waals surface area contributed by atoms with Crippen molar-refractivity contribution in [3.8, 4) is 0 Å². The van der Waals surface area contributed by atoms with E-state index in [9.17, 15) is 4.79 Å². The molecular formula is C17H27N3O. The lowest BCUT2D eigenvalue weighted by molar-refractivity contribution is 0.0947. The van der Waals surface area contributed by atoms with E-state index in [-0.39, 0.29) is 11.3 Å². The summed E-state index contributed by atoms with van der Waals surface area (Å²) >= 11 is 0. The van der Waals surface area contributed by atoms with Gasteiger partial charge in [-0.15, -0.1) is 0 Å². The molecule has 116 valence electrons. The molecule has 0 radical (unpaired) electrons. The number of benzene rings is 1. The predicted molar refractivity (Wildman–Crippen MR) is 86.8 cm³/mol. The van der Waals surface area contributed by atoms with Crippen molar-refractivity contribution in [2.75, 3.05) is 39.3 Å². The van der Waals surface area contributed by atoms with Crippen LogP contribution < -0.4 is 10.6 Å². The lowest BCUT2D eigenvalue weighted by Crippen LogP contribution is -2.46. The van der Waals surface area contributed by atoms with Crippen molar-refractivity contribution in [2.24, 2.45) is 0 Å². The molecule has 2 rings (SSSR count). The van der Waals surface area contributed by atoms with Crippen molar-refractivity contribution >= 4 is 5.91 Å². The maximum atomic E-state index is 12.1. The Hall–Kier alpha value is -1.39. The molecule has 0 atom stereocenters. The highest BCUT2D eigenvalue weighted by molar-refractivity contribution is 5.94. The van der Waals surface area contributed by atoms with Crippen molar-refractivity contribution in [3.05, 3.63) is 35.4 Å². The number of nitrogens with zero attached hydrogens (tertiary/aromatic N) is 1. The van der Waals surface area contributed by atoms with Crippen LogP contribution in [-0.4, -0.2) is 50.1 Å². The summed E-state index contributed by atoms with van der Waals surface area (Å²) in [5, 5.41) is 6.33. The van der Waals surface area contributed by atoms with Gasteiger partial charge in [0.05, 0.1) is 0 Å². The highest BCUT2D eigenvalue weighted by Gasteiger charge is 2.14. The Labute approximate surface area is 127 Å². The van der Waals surface area contributed by atoms with Crippen LogP contribution in [0.15, 0.2) is 24.3 Å². The van der Waals surface area contributed by atoms with E-state index in [0.29, 0.717) is 6.54 Å². The average molecular weight is 289 g/mol. The lowest BCUT2D eigenvalue weighted by Gasteiger charge is -2.27. The second-order valence-corrected chi connectivity index (χ2v) is 6.67. The number of rotatable bonds is 4. The summed E-state index contributed by atoms with van der Waals surface area (Å²) in [4.78, 5) is 14.5. The smallest absolute Gasteiger partial charge is 0.251 e. The Bertz CT molecular complexity index is 456. The summed E-state index contributed by atoms with van der Waals surface area (Å²) in [5.74, 6) is 0.0191. The molecule has 0 bridgehead atoms. The van der Waals surface area contributed by atoms with Crippen LogP contribution in [0, 0.1) is 0 Å². The summed E-state index contributed by atoms with van der Waals surface area (Å²) < 4.78 is 0. The normalized spacial score (nSPS) is 16.7. The van der Waals surface area contributed by atoms with Gasteiger partial charge in [0.25, 0.3) is 5.91 Å². The Balaban J connectivity index is 1.80. The molecule has 0 aliphatic carbocycles. The number of nitrogens with one attached hydrogen (secondary N) is 2. The molecule has 0 saturated carbocycles. The van der Waals surface area contributed by atoms with Crippen LogP contribution in [0.5, 0.6) is 0 Å². The van der Waals surface area contributed by atoms with Crippen LogP contribution in [-0.2, 0) is 5.41 Å². The van der Waals surface area contributed by atoms with Gasteiger partial charge in [-0.1, -0.05) is 32.9 Å². The van der Waals surface area contributed by atoms with E-state index in [2.05, 4.69) is 36.3 Å². The molecule has 1 aliphatic heterocycles. The average Bonchev–Trinajstić information content (AvgIpc) is 2.47. The summed E-state index contributed by atoms with van der Waals surface area (Å²) in [5.41, 5.74) is 2.11. The van der Waals surface area contributed by atoms with E-state index in [1.807, 2.05) is 24.3 Å². The highest BCUT2D eigenvalue weighted by Crippen LogP contribution is 2.22. The van der Waals surface area contributed by atoms with Crippen LogP contribution in [0.25, 0.3) is 0 Å². The molecule has 0 aromatic heterocycles. The van der Waals surface area contributed by atoms with Crippen molar-refractivity contribution in [2.45, 2.75) is 26.2 Å². The zero-order valence-electron chi connectivity index (χ0n) is 13.4. The van der Waals surface area contributed by atoms with E-state index >= 15 is 0 Å². The van der Waals surface area contributed by atoms with Gasteiger partial charge < -0.3 is 10.6 Å². The molecule has 1 aromatic carbocycles. The first-order chi connectivity index (χ1) is 9.97. The Morgan fingerprint density at radius 2 is 1.81 bits per heavy atom. The quantitative estimate of drug-likeness (QED) is 0.885. The zero-order chi connectivity index (χ0) is 15.3. The molecule has 0 spiro atoms. The molecule has 4 nitrogen and oxygen atoms in total. The van der Waals surface area contributed by atoms with Crippen LogP contribution in [0.1, 0.15) is 36.7 Å². The molecule has 0 unspecified atom stereocenters. The topological polar surface area (TPSA) is 44.4 Å². The summed E-state index contributed by atoms with van der Waals surface area (Å²) in [7, 11) is 0. The molecule has 1 aliphatic rings. The fraction of sp³-hybridized carbons (Fsp3) is 0.588. The largest absolute Gasteiger partial charge is 0.351 e. The van der Waals surface area contributed by atoms with E-state index in [0.717, 1.165) is 38.3 Å². The summed E-state index contributed by atoms with van der Waals surface area (Å²) in [6, 6.07) is 7.93. The van der Waals surface area contributed by atoms with Crippen molar-refractivity contribution in [1.82, 2.24) is 15.5 Å². The van der Waals surface area contributed by atoms with Gasteiger partial charge >= 0.3 is 0 Å². The van der Waals surface area contributed by atoms with Crippen molar-refractivity contribution < 1.29 is 4.79 Å². The number of carbonyl (C=O) groups is 1. The van der Waals surface area contributed by atoms with Gasteiger partial charge in [-0.3, -0.25) is 9.69 Å². The molecule has 21 heavy (non-hydrogen) atoms. The van der Waals surface area contributed by atoms with Crippen molar-refractivity contribution in [3.63, 3.8) is 0 Å². The maximum Gasteiger partial charge on any atom is 0.251 e. The first-order valence-corrected chi connectivity index (χ1v) is 7.78. The van der Waals surface area contributed by atoms with Crippen LogP contribution >= 0.6 is 0 Å². The Morgan fingerprint density at radius 1 is 1.19 bits per heavy atom. The first-order valence-electron chi connectivity index (χ1n) is 7.78. The zero-order valence-corrected chi connectivity index (χ0v) is 13.4. The van der Waals surface area contributed by atoms with Gasteiger partial charge in [0.15, 0.2) is 0 Å². The monoisotopic (exact) mass is 289 g/mol. The van der Waals surface area contributed by atoms with Gasteiger partial charge in [0.1, 0.15) is 0 Å². The summed E-state index contributed by atoms with van der Waals surface area (Å²) in [6.45, 7) is 12.4. The van der Waals surface area contributed by atoms with Crippen LogP contribution in [0.2, 0.25) is 0 Å². The molecule has 1 heterocycles. The van der Waals surface area contributed by atoms with E-state index in [1.54, 1.807) is 0 Å².